The molecule has 0 spiro atoms. The molecule has 7 nitrogen and oxygen atoms in total. The maximum atomic E-state index is 13.5. The molecule has 1 atom stereocenters. The summed E-state index contributed by atoms with van der Waals surface area (Å²) < 4.78 is 30.9. The Hall–Kier alpha value is -3.17. The van der Waals surface area contributed by atoms with Crippen molar-refractivity contribution < 1.29 is 23.1 Å². The Bertz CT molecular complexity index is 1330. The first kappa shape index (κ1) is 24.5. The van der Waals surface area contributed by atoms with Gasteiger partial charge in [0, 0.05) is 36.7 Å². The molecule has 188 valence electrons. The molecule has 2 aliphatic heterocycles. The highest BCUT2D eigenvalue weighted by Crippen LogP contribution is 2.31. The van der Waals surface area contributed by atoms with Crippen LogP contribution < -0.4 is 4.74 Å². The van der Waals surface area contributed by atoms with Gasteiger partial charge in [-0.05, 0) is 42.8 Å². The molecule has 0 aliphatic carbocycles. The molecule has 0 saturated carbocycles. The molecule has 3 heterocycles. The van der Waals surface area contributed by atoms with Crippen LogP contribution >= 0.6 is 23.2 Å². The molecule has 1 aromatic heterocycles. The van der Waals surface area contributed by atoms with Crippen molar-refractivity contribution >= 4 is 35.0 Å². The van der Waals surface area contributed by atoms with Crippen LogP contribution in [-0.4, -0.2) is 50.6 Å². The van der Waals surface area contributed by atoms with E-state index in [1.54, 1.807) is 44.8 Å². The molecule has 36 heavy (non-hydrogen) atoms. The number of halogens is 4. The number of fused-ring (bicyclic) bond motifs is 3. The standard InChI is InChI=1S/C25H22Cl2F2N4O3/c1-14-10-21-18(13-32(14)23(34)16-4-7-19(26)20(27)11-16)22-24(35)31(8-9-33(22)30-21)12-15-2-5-17(6-3-15)36-25(28)29/h2-7,11,14,25H,8-10,12-13H2,1H3/t14-/m1/s1. The van der Waals surface area contributed by atoms with Crippen molar-refractivity contribution in [3.8, 4) is 5.75 Å². The highest BCUT2D eigenvalue weighted by Gasteiger charge is 2.37. The number of nitrogens with zero attached hydrogens (tertiary/aromatic N) is 4. The third-order valence-electron chi connectivity index (χ3n) is 6.50. The Kier molecular flexibility index (Phi) is 6.61. The average molecular weight is 535 g/mol. The van der Waals surface area contributed by atoms with Crippen molar-refractivity contribution in [3.05, 3.63) is 80.6 Å². The first-order valence-corrected chi connectivity index (χ1v) is 12.1. The van der Waals surface area contributed by atoms with Crippen molar-refractivity contribution in [2.24, 2.45) is 0 Å². The van der Waals surface area contributed by atoms with Crippen molar-refractivity contribution in [1.82, 2.24) is 19.6 Å². The van der Waals surface area contributed by atoms with E-state index in [2.05, 4.69) is 9.84 Å². The fraction of sp³-hybridized carbons (Fsp3) is 0.320. The Balaban J connectivity index is 1.36. The van der Waals surface area contributed by atoms with Gasteiger partial charge < -0.3 is 14.5 Å². The molecule has 0 saturated heterocycles. The Morgan fingerprint density at radius 3 is 2.58 bits per heavy atom. The molecule has 0 fully saturated rings. The van der Waals surface area contributed by atoms with Gasteiger partial charge in [-0.3, -0.25) is 14.3 Å². The van der Waals surface area contributed by atoms with Gasteiger partial charge in [0.15, 0.2) is 0 Å². The second-order valence-electron chi connectivity index (χ2n) is 8.86. The number of hydrogen-bond acceptors (Lipinski definition) is 4. The SMILES string of the molecule is C[C@@H]1Cc2nn3c(c2CN1C(=O)c1ccc(Cl)c(Cl)c1)C(=O)N(Cc1ccc(OC(F)F)cc1)CC3. The van der Waals surface area contributed by atoms with Crippen molar-refractivity contribution in [3.63, 3.8) is 0 Å². The Labute approximate surface area is 216 Å². The summed E-state index contributed by atoms with van der Waals surface area (Å²) in [7, 11) is 0. The summed E-state index contributed by atoms with van der Waals surface area (Å²) in [5, 5.41) is 5.34. The third-order valence-corrected chi connectivity index (χ3v) is 7.24. The van der Waals surface area contributed by atoms with Crippen molar-refractivity contribution in [1.29, 1.82) is 0 Å². The second-order valence-corrected chi connectivity index (χ2v) is 9.68. The van der Waals surface area contributed by atoms with Crippen LogP contribution in [0.4, 0.5) is 8.78 Å². The zero-order chi connectivity index (χ0) is 25.6. The predicted molar refractivity (Wildman–Crippen MR) is 130 cm³/mol. The highest BCUT2D eigenvalue weighted by molar-refractivity contribution is 6.42. The van der Waals surface area contributed by atoms with E-state index in [1.165, 1.54) is 12.1 Å². The normalized spacial score (nSPS) is 17.3. The van der Waals surface area contributed by atoms with Crippen LogP contribution in [0.25, 0.3) is 0 Å². The van der Waals surface area contributed by atoms with Crippen molar-refractivity contribution in [2.45, 2.75) is 45.6 Å². The van der Waals surface area contributed by atoms with E-state index in [4.69, 9.17) is 23.2 Å². The molecule has 2 amide bonds. The molecular formula is C25H22Cl2F2N4O3. The van der Waals surface area contributed by atoms with Crippen LogP contribution in [0.2, 0.25) is 10.0 Å². The van der Waals surface area contributed by atoms with E-state index < -0.39 is 6.61 Å². The molecule has 2 aromatic carbocycles. The predicted octanol–water partition coefficient (Wildman–Crippen LogP) is 5.03. The fourth-order valence-corrected chi connectivity index (χ4v) is 4.98. The van der Waals surface area contributed by atoms with Crippen LogP contribution in [0.5, 0.6) is 5.75 Å². The van der Waals surface area contributed by atoms with E-state index in [-0.39, 0.29) is 30.2 Å². The minimum atomic E-state index is -2.89. The lowest BCUT2D eigenvalue weighted by Gasteiger charge is -2.34. The number of carbonyl (C=O) groups is 2. The van der Waals surface area contributed by atoms with Gasteiger partial charge in [0.05, 0.1) is 28.8 Å². The van der Waals surface area contributed by atoms with Crippen LogP contribution in [-0.2, 0) is 26.1 Å². The average Bonchev–Trinajstić information content (AvgIpc) is 3.20. The van der Waals surface area contributed by atoms with Gasteiger partial charge in [0.1, 0.15) is 11.4 Å². The maximum absolute atomic E-state index is 13.5. The molecule has 0 unspecified atom stereocenters. The number of aromatic nitrogens is 2. The van der Waals surface area contributed by atoms with Crippen LogP contribution in [0.1, 0.15) is 44.6 Å². The quantitative estimate of drug-likeness (QED) is 0.460. The lowest BCUT2D eigenvalue weighted by molar-refractivity contribution is -0.0498. The number of benzene rings is 2. The zero-order valence-electron chi connectivity index (χ0n) is 19.3. The summed E-state index contributed by atoms with van der Waals surface area (Å²) in [4.78, 5) is 30.2. The van der Waals surface area contributed by atoms with Gasteiger partial charge in [0.25, 0.3) is 11.8 Å². The smallest absolute Gasteiger partial charge is 0.387 e. The monoisotopic (exact) mass is 534 g/mol. The zero-order valence-corrected chi connectivity index (χ0v) is 20.8. The number of amides is 2. The molecule has 11 heteroatoms. The molecule has 0 N–H and O–H groups in total. The topological polar surface area (TPSA) is 67.7 Å². The van der Waals surface area contributed by atoms with Crippen molar-refractivity contribution in [2.75, 3.05) is 6.54 Å². The highest BCUT2D eigenvalue weighted by atomic mass is 35.5. The molecule has 2 aliphatic rings. The number of alkyl halides is 2. The summed E-state index contributed by atoms with van der Waals surface area (Å²) in [6, 6.07) is 10.9. The van der Waals surface area contributed by atoms with E-state index in [9.17, 15) is 18.4 Å². The number of ether oxygens (including phenoxy) is 1. The summed E-state index contributed by atoms with van der Waals surface area (Å²) in [6.45, 7) is 0.614. The van der Waals surface area contributed by atoms with E-state index >= 15 is 0 Å². The summed E-state index contributed by atoms with van der Waals surface area (Å²) in [5.41, 5.74) is 3.26. The Morgan fingerprint density at radius 1 is 1.14 bits per heavy atom. The van der Waals surface area contributed by atoms with E-state index in [0.717, 1.165) is 16.8 Å². The molecule has 0 bridgehead atoms. The van der Waals surface area contributed by atoms with Gasteiger partial charge in [-0.25, -0.2) is 0 Å². The first-order chi connectivity index (χ1) is 17.2. The minimum absolute atomic E-state index is 0.0618. The van der Waals surface area contributed by atoms with Gasteiger partial charge in [-0.15, -0.1) is 0 Å². The number of carbonyl (C=O) groups excluding carboxylic acids is 2. The van der Waals surface area contributed by atoms with Gasteiger partial charge >= 0.3 is 6.61 Å². The maximum Gasteiger partial charge on any atom is 0.387 e. The third kappa shape index (κ3) is 4.65. The molecular weight excluding hydrogens is 513 g/mol. The minimum Gasteiger partial charge on any atom is -0.435 e. The van der Waals surface area contributed by atoms with Crippen LogP contribution in [0.3, 0.4) is 0 Å². The largest absolute Gasteiger partial charge is 0.435 e. The number of hydrogen-bond donors (Lipinski definition) is 0. The van der Waals surface area contributed by atoms with Gasteiger partial charge in [-0.2, -0.15) is 13.9 Å². The second kappa shape index (κ2) is 9.71. The Morgan fingerprint density at radius 2 is 1.89 bits per heavy atom. The first-order valence-electron chi connectivity index (χ1n) is 11.4. The summed E-state index contributed by atoms with van der Waals surface area (Å²) in [6.07, 6.45) is 0.529. The van der Waals surface area contributed by atoms with Gasteiger partial charge in [0.2, 0.25) is 0 Å². The summed E-state index contributed by atoms with van der Waals surface area (Å²) in [5.74, 6) is -0.316. The summed E-state index contributed by atoms with van der Waals surface area (Å²) >= 11 is 12.1. The van der Waals surface area contributed by atoms with Crippen LogP contribution in [0, 0.1) is 0 Å². The van der Waals surface area contributed by atoms with E-state index in [0.29, 0.717) is 47.4 Å². The van der Waals surface area contributed by atoms with E-state index in [1.807, 2.05) is 6.92 Å². The molecule has 3 aromatic rings. The lowest BCUT2D eigenvalue weighted by atomic mass is 9.97. The lowest BCUT2D eigenvalue weighted by Crippen LogP contribution is -2.44. The number of rotatable bonds is 5. The fourth-order valence-electron chi connectivity index (χ4n) is 4.68. The van der Waals surface area contributed by atoms with Gasteiger partial charge in [-0.1, -0.05) is 35.3 Å². The molecule has 0 radical (unpaired) electrons. The molecule has 5 rings (SSSR count). The van der Waals surface area contributed by atoms with Crippen LogP contribution in [0.15, 0.2) is 42.5 Å².